The molecule has 0 saturated carbocycles. The summed E-state index contributed by atoms with van der Waals surface area (Å²) in [6.07, 6.45) is 0. The average molecular weight is 311 g/mol. The Morgan fingerprint density at radius 3 is 2.52 bits per heavy atom. The number of anilines is 2. The van der Waals surface area contributed by atoms with Gasteiger partial charge in [0.05, 0.1) is 21.6 Å². The summed E-state index contributed by atoms with van der Waals surface area (Å²) in [5, 5.41) is 10.6. The first kappa shape index (κ1) is 14.7. The third-order valence-corrected chi connectivity index (χ3v) is 3.89. The molecule has 0 bridgehead atoms. The molecular formula is C12H10FN3O4S. The Balaban J connectivity index is 2.39. The van der Waals surface area contributed by atoms with Crippen molar-refractivity contribution in [3.05, 3.63) is 58.4 Å². The van der Waals surface area contributed by atoms with Crippen molar-refractivity contribution >= 4 is 27.1 Å². The Kier molecular flexibility index (Phi) is 3.76. The topological polar surface area (TPSA) is 115 Å². The van der Waals surface area contributed by atoms with Gasteiger partial charge in [0.25, 0.3) is 15.7 Å². The summed E-state index contributed by atoms with van der Waals surface area (Å²) < 4.78 is 39.5. The smallest absolute Gasteiger partial charge is 0.274 e. The number of non-ortho nitro benzene ring substituents is 1. The van der Waals surface area contributed by atoms with Crippen LogP contribution in [0.4, 0.5) is 21.5 Å². The number of nitrogen functional groups attached to an aromatic ring is 1. The van der Waals surface area contributed by atoms with E-state index in [1.54, 1.807) is 0 Å². The maximum absolute atomic E-state index is 13.3. The predicted molar refractivity (Wildman–Crippen MR) is 74.7 cm³/mol. The number of benzene rings is 2. The van der Waals surface area contributed by atoms with Crippen LogP contribution >= 0.6 is 0 Å². The zero-order valence-corrected chi connectivity index (χ0v) is 11.3. The minimum atomic E-state index is -4.01. The lowest BCUT2D eigenvalue weighted by Crippen LogP contribution is -2.13. The lowest BCUT2D eigenvalue weighted by molar-refractivity contribution is -0.385. The number of nitrogens with one attached hydrogen (secondary N) is 1. The molecule has 0 atom stereocenters. The molecule has 0 aromatic heterocycles. The highest BCUT2D eigenvalue weighted by Crippen LogP contribution is 2.23. The minimum absolute atomic E-state index is 0.130. The highest BCUT2D eigenvalue weighted by atomic mass is 32.2. The zero-order valence-electron chi connectivity index (χ0n) is 10.5. The Morgan fingerprint density at radius 1 is 1.19 bits per heavy atom. The first-order valence-corrected chi connectivity index (χ1v) is 7.09. The van der Waals surface area contributed by atoms with Crippen LogP contribution in [-0.4, -0.2) is 13.3 Å². The molecule has 0 aliphatic carbocycles. The third kappa shape index (κ3) is 3.45. The van der Waals surface area contributed by atoms with E-state index in [2.05, 4.69) is 4.72 Å². The Bertz CT molecular complexity index is 808. The van der Waals surface area contributed by atoms with E-state index in [1.807, 2.05) is 0 Å². The van der Waals surface area contributed by atoms with Gasteiger partial charge in [-0.25, -0.2) is 12.8 Å². The van der Waals surface area contributed by atoms with Crippen molar-refractivity contribution in [1.29, 1.82) is 0 Å². The van der Waals surface area contributed by atoms with E-state index in [9.17, 15) is 22.9 Å². The number of halogens is 1. The number of hydrogen-bond acceptors (Lipinski definition) is 5. The highest BCUT2D eigenvalue weighted by molar-refractivity contribution is 7.92. The van der Waals surface area contributed by atoms with Crippen LogP contribution in [0.2, 0.25) is 0 Å². The maximum Gasteiger partial charge on any atom is 0.274 e. The van der Waals surface area contributed by atoms with Crippen LogP contribution < -0.4 is 10.5 Å². The van der Waals surface area contributed by atoms with E-state index >= 15 is 0 Å². The minimum Gasteiger partial charge on any atom is -0.399 e. The molecule has 2 rings (SSSR count). The standard InChI is InChI=1S/C12H10FN3O4S/c13-8-4-10(7-11(5-8)16(17)18)15-21(19,20)12-3-1-2-9(14)6-12/h1-7,15H,14H2. The van der Waals surface area contributed by atoms with Crippen LogP contribution in [0.1, 0.15) is 0 Å². The summed E-state index contributed by atoms with van der Waals surface area (Å²) in [5.74, 6) is -0.922. The van der Waals surface area contributed by atoms with Gasteiger partial charge in [-0.3, -0.25) is 14.8 Å². The molecular weight excluding hydrogens is 301 g/mol. The molecule has 0 aliphatic heterocycles. The van der Waals surface area contributed by atoms with Crippen molar-refractivity contribution in [3.8, 4) is 0 Å². The van der Waals surface area contributed by atoms with Crippen LogP contribution in [0.3, 0.4) is 0 Å². The second kappa shape index (κ2) is 5.37. The van der Waals surface area contributed by atoms with Gasteiger partial charge in [-0.2, -0.15) is 0 Å². The molecule has 2 aromatic carbocycles. The van der Waals surface area contributed by atoms with Gasteiger partial charge in [-0.05, 0) is 24.3 Å². The quantitative estimate of drug-likeness (QED) is 0.510. The van der Waals surface area contributed by atoms with Crippen LogP contribution in [0.15, 0.2) is 47.4 Å². The lowest BCUT2D eigenvalue weighted by atomic mass is 10.3. The highest BCUT2D eigenvalue weighted by Gasteiger charge is 2.17. The molecule has 2 aromatic rings. The Morgan fingerprint density at radius 2 is 1.90 bits per heavy atom. The third-order valence-electron chi connectivity index (χ3n) is 2.51. The molecule has 0 heterocycles. The summed E-state index contributed by atoms with van der Waals surface area (Å²) in [6.45, 7) is 0. The first-order chi connectivity index (χ1) is 9.78. The normalized spacial score (nSPS) is 11.1. The van der Waals surface area contributed by atoms with E-state index in [0.717, 1.165) is 12.1 Å². The average Bonchev–Trinajstić information content (AvgIpc) is 2.37. The van der Waals surface area contributed by atoms with Crippen molar-refractivity contribution in [2.45, 2.75) is 4.90 Å². The summed E-state index contributed by atoms with van der Waals surface area (Å²) in [7, 11) is -4.01. The second-order valence-electron chi connectivity index (χ2n) is 4.13. The second-order valence-corrected chi connectivity index (χ2v) is 5.82. The van der Waals surface area contributed by atoms with Gasteiger partial charge < -0.3 is 5.73 Å². The zero-order chi connectivity index (χ0) is 15.6. The molecule has 9 heteroatoms. The largest absolute Gasteiger partial charge is 0.399 e. The Labute approximate surface area is 119 Å². The van der Waals surface area contributed by atoms with Gasteiger partial charge in [0.2, 0.25) is 0 Å². The molecule has 3 N–H and O–H groups in total. The number of nitro groups is 1. The lowest BCUT2D eigenvalue weighted by Gasteiger charge is -2.08. The van der Waals surface area contributed by atoms with Crippen molar-refractivity contribution in [1.82, 2.24) is 0 Å². The van der Waals surface area contributed by atoms with E-state index in [-0.39, 0.29) is 16.3 Å². The van der Waals surface area contributed by atoms with Gasteiger partial charge in [0.1, 0.15) is 5.82 Å². The number of nitrogens with two attached hydrogens (primary N) is 1. The van der Waals surface area contributed by atoms with Crippen LogP contribution in [0.5, 0.6) is 0 Å². The van der Waals surface area contributed by atoms with Crippen molar-refractivity contribution in [2.24, 2.45) is 0 Å². The van der Waals surface area contributed by atoms with Crippen LogP contribution in [-0.2, 0) is 10.0 Å². The van der Waals surface area contributed by atoms with Crippen molar-refractivity contribution < 1.29 is 17.7 Å². The summed E-state index contributed by atoms with van der Waals surface area (Å²) in [4.78, 5) is 9.68. The number of sulfonamides is 1. The van der Waals surface area contributed by atoms with Gasteiger partial charge in [0.15, 0.2) is 0 Å². The fourth-order valence-electron chi connectivity index (χ4n) is 1.63. The fourth-order valence-corrected chi connectivity index (χ4v) is 2.73. The van der Waals surface area contributed by atoms with E-state index < -0.39 is 26.5 Å². The van der Waals surface area contributed by atoms with Gasteiger partial charge >= 0.3 is 0 Å². The molecule has 21 heavy (non-hydrogen) atoms. The molecule has 7 nitrogen and oxygen atoms in total. The first-order valence-electron chi connectivity index (χ1n) is 5.61. The SMILES string of the molecule is Nc1cccc(S(=O)(=O)Nc2cc(F)cc([N+](=O)[O-])c2)c1. The summed E-state index contributed by atoms with van der Waals surface area (Å²) in [5.41, 5.74) is 4.93. The van der Waals surface area contributed by atoms with Crippen molar-refractivity contribution in [2.75, 3.05) is 10.5 Å². The van der Waals surface area contributed by atoms with Crippen molar-refractivity contribution in [3.63, 3.8) is 0 Å². The fraction of sp³-hybridized carbons (Fsp3) is 0. The molecule has 0 saturated heterocycles. The van der Waals surface area contributed by atoms with E-state index in [0.29, 0.717) is 6.07 Å². The molecule has 110 valence electrons. The van der Waals surface area contributed by atoms with Gasteiger partial charge in [-0.15, -0.1) is 0 Å². The molecule has 0 radical (unpaired) electrons. The monoisotopic (exact) mass is 311 g/mol. The molecule has 0 amide bonds. The van der Waals surface area contributed by atoms with Gasteiger partial charge in [-0.1, -0.05) is 6.07 Å². The summed E-state index contributed by atoms with van der Waals surface area (Å²) in [6, 6.07) is 7.93. The number of nitrogens with zero attached hydrogens (tertiary/aromatic N) is 1. The molecule has 0 unspecified atom stereocenters. The number of nitro benzene ring substituents is 1. The molecule has 0 fully saturated rings. The van der Waals surface area contributed by atoms with Gasteiger partial charge in [0, 0.05) is 11.8 Å². The summed E-state index contributed by atoms with van der Waals surface area (Å²) >= 11 is 0. The predicted octanol–water partition coefficient (Wildman–Crippen LogP) is 2.12. The molecule has 0 aliphatic rings. The van der Waals surface area contributed by atoms with Crippen LogP contribution in [0.25, 0.3) is 0 Å². The van der Waals surface area contributed by atoms with E-state index in [4.69, 9.17) is 5.73 Å². The maximum atomic E-state index is 13.3. The number of hydrogen-bond donors (Lipinski definition) is 2. The Hall–Kier alpha value is -2.68. The number of rotatable bonds is 4. The van der Waals surface area contributed by atoms with Crippen LogP contribution in [0, 0.1) is 15.9 Å². The molecule has 0 spiro atoms. The van der Waals surface area contributed by atoms with E-state index in [1.165, 1.54) is 24.3 Å².